The smallest absolute Gasteiger partial charge is 0.173 e. The third-order valence-electron chi connectivity index (χ3n) is 2.65. The molecule has 0 aliphatic carbocycles. The first-order valence-corrected chi connectivity index (χ1v) is 5.25. The summed E-state index contributed by atoms with van der Waals surface area (Å²) in [6, 6.07) is -0.0765. The fourth-order valence-corrected chi connectivity index (χ4v) is 1.42. The molecule has 4 nitrogen and oxygen atoms in total. The Morgan fingerprint density at radius 3 is 2.64 bits per heavy atom. The third-order valence-corrected chi connectivity index (χ3v) is 2.65. The first kappa shape index (κ1) is 11.9. The molecule has 0 aromatic heterocycles. The maximum atomic E-state index is 9.28. The molecule has 0 spiro atoms. The van der Waals surface area contributed by atoms with E-state index in [0.29, 0.717) is 0 Å². The fraction of sp³-hybridized carbons (Fsp3) is 1.00. The number of aliphatic hydroxyl groups excluding tert-OH is 1. The monoisotopic (exact) mass is 203 g/mol. The molecule has 1 saturated heterocycles. The van der Waals surface area contributed by atoms with Crippen molar-refractivity contribution >= 4 is 0 Å². The lowest BCUT2D eigenvalue weighted by molar-refractivity contribution is -0.228. The van der Waals surface area contributed by atoms with Crippen molar-refractivity contribution in [2.24, 2.45) is 5.73 Å². The van der Waals surface area contributed by atoms with Crippen LogP contribution in [0.1, 0.15) is 33.6 Å². The van der Waals surface area contributed by atoms with E-state index >= 15 is 0 Å². The van der Waals surface area contributed by atoms with E-state index in [1.54, 1.807) is 6.92 Å². The predicted molar refractivity (Wildman–Crippen MR) is 53.8 cm³/mol. The molecular weight excluding hydrogens is 182 g/mol. The summed E-state index contributed by atoms with van der Waals surface area (Å²) in [5.41, 5.74) is 5.86. The minimum Gasteiger partial charge on any atom is -0.391 e. The van der Waals surface area contributed by atoms with Crippen LogP contribution in [0.3, 0.4) is 0 Å². The lowest BCUT2D eigenvalue weighted by Gasteiger charge is -2.35. The number of aliphatic hydroxyl groups is 1. The van der Waals surface area contributed by atoms with Gasteiger partial charge in [-0.2, -0.15) is 0 Å². The minimum absolute atomic E-state index is 0.0765. The lowest BCUT2D eigenvalue weighted by atomic mass is 10.1. The maximum absolute atomic E-state index is 9.28. The molecule has 0 radical (unpaired) electrons. The summed E-state index contributed by atoms with van der Waals surface area (Å²) in [5, 5.41) is 9.28. The van der Waals surface area contributed by atoms with Gasteiger partial charge in [-0.25, -0.2) is 0 Å². The summed E-state index contributed by atoms with van der Waals surface area (Å²) >= 11 is 0. The molecule has 1 heterocycles. The van der Waals surface area contributed by atoms with Crippen molar-refractivity contribution in [1.29, 1.82) is 0 Å². The molecule has 0 saturated carbocycles. The van der Waals surface area contributed by atoms with E-state index in [2.05, 4.69) is 0 Å². The molecule has 1 aliphatic heterocycles. The van der Waals surface area contributed by atoms with Gasteiger partial charge in [0.2, 0.25) is 0 Å². The fourth-order valence-electron chi connectivity index (χ4n) is 1.42. The van der Waals surface area contributed by atoms with Gasteiger partial charge in [0.1, 0.15) is 0 Å². The Labute approximate surface area is 85.4 Å². The molecule has 5 unspecified atom stereocenters. The summed E-state index contributed by atoms with van der Waals surface area (Å²) in [6.45, 7) is 5.53. The predicted octanol–water partition coefficient (Wildman–Crippen LogP) is 0.625. The molecule has 1 rings (SSSR count). The molecule has 1 aliphatic rings. The minimum atomic E-state index is -0.497. The van der Waals surface area contributed by atoms with E-state index < -0.39 is 6.10 Å². The zero-order chi connectivity index (χ0) is 10.7. The van der Waals surface area contributed by atoms with Gasteiger partial charge in [0.15, 0.2) is 6.29 Å². The van der Waals surface area contributed by atoms with Crippen molar-refractivity contribution in [3.8, 4) is 0 Å². The van der Waals surface area contributed by atoms with Gasteiger partial charge in [-0.3, -0.25) is 0 Å². The highest BCUT2D eigenvalue weighted by atomic mass is 16.7. The van der Waals surface area contributed by atoms with Crippen LogP contribution in [-0.4, -0.2) is 35.8 Å². The molecule has 3 N–H and O–H groups in total. The van der Waals surface area contributed by atoms with E-state index in [-0.39, 0.29) is 24.5 Å². The summed E-state index contributed by atoms with van der Waals surface area (Å²) in [4.78, 5) is 0. The molecule has 5 atom stereocenters. The second-order valence-electron chi connectivity index (χ2n) is 4.14. The average Bonchev–Trinajstić information content (AvgIpc) is 2.11. The summed E-state index contributed by atoms with van der Waals surface area (Å²) in [5.74, 6) is 0. The highest BCUT2D eigenvalue weighted by Gasteiger charge is 2.29. The molecule has 4 heteroatoms. The first-order valence-electron chi connectivity index (χ1n) is 5.25. The van der Waals surface area contributed by atoms with Crippen LogP contribution >= 0.6 is 0 Å². The average molecular weight is 203 g/mol. The van der Waals surface area contributed by atoms with E-state index in [1.807, 2.05) is 13.8 Å². The van der Waals surface area contributed by atoms with Crippen LogP contribution < -0.4 is 5.73 Å². The normalized spacial score (nSPS) is 37.9. The van der Waals surface area contributed by atoms with Crippen LogP contribution in [0.25, 0.3) is 0 Å². The molecule has 0 aromatic rings. The highest BCUT2D eigenvalue weighted by molar-refractivity contribution is 4.75. The second kappa shape index (κ2) is 5.07. The second-order valence-corrected chi connectivity index (χ2v) is 4.14. The Morgan fingerprint density at radius 1 is 1.43 bits per heavy atom. The van der Waals surface area contributed by atoms with Crippen molar-refractivity contribution in [2.75, 3.05) is 0 Å². The summed E-state index contributed by atoms with van der Waals surface area (Å²) in [6.07, 6.45) is 0.978. The zero-order valence-corrected chi connectivity index (χ0v) is 9.14. The van der Waals surface area contributed by atoms with Crippen LogP contribution in [0.5, 0.6) is 0 Å². The van der Waals surface area contributed by atoms with E-state index in [0.717, 1.165) is 12.8 Å². The van der Waals surface area contributed by atoms with Gasteiger partial charge >= 0.3 is 0 Å². The topological polar surface area (TPSA) is 64.7 Å². The maximum Gasteiger partial charge on any atom is 0.173 e. The van der Waals surface area contributed by atoms with Crippen molar-refractivity contribution in [2.45, 2.75) is 64.3 Å². The number of rotatable bonds is 3. The lowest BCUT2D eigenvalue weighted by Crippen LogP contribution is -2.47. The van der Waals surface area contributed by atoms with Crippen molar-refractivity contribution in [3.63, 3.8) is 0 Å². The van der Waals surface area contributed by atoms with Gasteiger partial charge in [-0.1, -0.05) is 0 Å². The van der Waals surface area contributed by atoms with Gasteiger partial charge in [-0.15, -0.1) is 0 Å². The van der Waals surface area contributed by atoms with E-state index in [1.165, 1.54) is 0 Å². The van der Waals surface area contributed by atoms with Crippen molar-refractivity contribution in [1.82, 2.24) is 0 Å². The summed E-state index contributed by atoms with van der Waals surface area (Å²) in [7, 11) is 0. The van der Waals surface area contributed by atoms with Gasteiger partial charge in [0.05, 0.1) is 24.4 Å². The van der Waals surface area contributed by atoms with Crippen LogP contribution in [0.15, 0.2) is 0 Å². The molecule has 0 aromatic carbocycles. The molecule has 84 valence electrons. The van der Waals surface area contributed by atoms with Crippen LogP contribution in [0.2, 0.25) is 0 Å². The molecule has 1 fully saturated rings. The number of hydrogen-bond donors (Lipinski definition) is 2. The molecule has 14 heavy (non-hydrogen) atoms. The molecule has 0 bridgehead atoms. The highest BCUT2D eigenvalue weighted by Crippen LogP contribution is 2.20. The van der Waals surface area contributed by atoms with Gasteiger partial charge < -0.3 is 20.3 Å². The zero-order valence-electron chi connectivity index (χ0n) is 9.14. The Bertz CT molecular complexity index is 175. The Morgan fingerprint density at radius 2 is 2.07 bits per heavy atom. The van der Waals surface area contributed by atoms with E-state index in [4.69, 9.17) is 15.2 Å². The summed E-state index contributed by atoms with van der Waals surface area (Å²) < 4.78 is 11.1. The molecule has 0 amide bonds. The largest absolute Gasteiger partial charge is 0.391 e. The van der Waals surface area contributed by atoms with Gasteiger partial charge in [0.25, 0.3) is 0 Å². The third kappa shape index (κ3) is 3.20. The van der Waals surface area contributed by atoms with Crippen molar-refractivity contribution < 1.29 is 14.6 Å². The van der Waals surface area contributed by atoms with E-state index in [9.17, 15) is 5.11 Å². The van der Waals surface area contributed by atoms with Gasteiger partial charge in [0, 0.05) is 0 Å². The Hall–Kier alpha value is -0.160. The standard InChI is InChI=1S/C10H21NO3/c1-6-4-5-9(11)10(13-6)14-8(3)7(2)12/h6-10,12H,4-5,11H2,1-3H3. The van der Waals surface area contributed by atoms with Crippen LogP contribution in [0, 0.1) is 0 Å². The number of nitrogens with two attached hydrogens (primary N) is 1. The van der Waals surface area contributed by atoms with Gasteiger partial charge in [-0.05, 0) is 33.6 Å². The quantitative estimate of drug-likeness (QED) is 0.706. The Balaban J connectivity index is 2.41. The first-order chi connectivity index (χ1) is 6.50. The van der Waals surface area contributed by atoms with Crippen LogP contribution in [0.4, 0.5) is 0 Å². The Kier molecular flexibility index (Phi) is 4.31. The number of hydrogen-bond acceptors (Lipinski definition) is 4. The van der Waals surface area contributed by atoms with Crippen molar-refractivity contribution in [3.05, 3.63) is 0 Å². The number of ether oxygens (including phenoxy) is 2. The molecular formula is C10H21NO3. The van der Waals surface area contributed by atoms with Crippen LogP contribution in [-0.2, 0) is 9.47 Å². The SMILES string of the molecule is CC1CCC(N)C(OC(C)C(C)O)O1.